The molecule has 0 saturated carbocycles. The molecule has 0 aliphatic carbocycles. The molecule has 1 atom stereocenters. The van der Waals surface area contributed by atoms with Crippen molar-refractivity contribution in [2.75, 3.05) is 18.4 Å². The Kier molecular flexibility index (Phi) is 6.02. The summed E-state index contributed by atoms with van der Waals surface area (Å²) in [6.07, 6.45) is 1.29. The normalized spacial score (nSPS) is 18.5. The van der Waals surface area contributed by atoms with Gasteiger partial charge in [0, 0.05) is 23.2 Å². The summed E-state index contributed by atoms with van der Waals surface area (Å²) in [5, 5.41) is 3.33. The van der Waals surface area contributed by atoms with Gasteiger partial charge in [-0.1, -0.05) is 29.8 Å². The highest BCUT2D eigenvalue weighted by molar-refractivity contribution is 9.10. The predicted molar refractivity (Wildman–Crippen MR) is 106 cm³/mol. The second-order valence-corrected chi connectivity index (χ2v) is 9.33. The Morgan fingerprint density at radius 2 is 1.92 bits per heavy atom. The molecule has 0 unspecified atom stereocenters. The van der Waals surface area contributed by atoms with Crippen LogP contribution in [0.3, 0.4) is 0 Å². The summed E-state index contributed by atoms with van der Waals surface area (Å²) in [6, 6.07) is 13.5. The molecule has 1 amide bonds. The molecule has 3 rings (SSSR count). The molecule has 1 N–H and O–H groups in total. The molecule has 2 aromatic rings. The Hall–Kier alpha value is -1.41. The van der Waals surface area contributed by atoms with Gasteiger partial charge in [0.15, 0.2) is 0 Å². The van der Waals surface area contributed by atoms with Gasteiger partial charge in [-0.15, -0.1) is 0 Å². The van der Waals surface area contributed by atoms with E-state index in [9.17, 15) is 13.2 Å². The number of amides is 1. The molecule has 5 nitrogen and oxygen atoms in total. The zero-order valence-corrected chi connectivity index (χ0v) is 17.0. The first kappa shape index (κ1) is 19.4. The van der Waals surface area contributed by atoms with Gasteiger partial charge in [-0.3, -0.25) is 4.79 Å². The average molecular weight is 458 g/mol. The third kappa shape index (κ3) is 4.28. The largest absolute Gasteiger partial charge is 0.326 e. The van der Waals surface area contributed by atoms with E-state index in [2.05, 4.69) is 21.2 Å². The van der Waals surface area contributed by atoms with Crippen LogP contribution in [0.25, 0.3) is 0 Å². The van der Waals surface area contributed by atoms with Gasteiger partial charge in [-0.2, -0.15) is 4.31 Å². The van der Waals surface area contributed by atoms with Crippen molar-refractivity contribution in [3.05, 3.63) is 58.0 Å². The predicted octanol–water partition coefficient (Wildman–Crippen LogP) is 4.14. The number of carbonyl (C=O) groups excluding carboxylic acids is 1. The second kappa shape index (κ2) is 8.08. The van der Waals surface area contributed by atoms with Gasteiger partial charge in [0.1, 0.15) is 0 Å². The summed E-state index contributed by atoms with van der Waals surface area (Å²) in [6.45, 7) is 0.596. The first-order valence-electron chi connectivity index (χ1n) is 8.19. The van der Waals surface area contributed by atoms with Crippen LogP contribution >= 0.6 is 27.5 Å². The van der Waals surface area contributed by atoms with Gasteiger partial charge in [0.25, 0.3) is 0 Å². The smallest absolute Gasteiger partial charge is 0.243 e. The number of hydrogen-bond acceptors (Lipinski definition) is 3. The molecule has 0 spiro atoms. The van der Waals surface area contributed by atoms with Crippen molar-refractivity contribution in [2.24, 2.45) is 5.92 Å². The number of piperidine rings is 1. The summed E-state index contributed by atoms with van der Waals surface area (Å²) < 4.78 is 27.7. The zero-order chi connectivity index (χ0) is 18.7. The standard InChI is InChI=1S/C18H18BrClN2O3S/c19-16-9-8-14(11-17(16)20)21-18(23)13-5-4-10-22(12-13)26(24,25)15-6-2-1-3-7-15/h1-3,6-9,11,13H,4-5,10,12H2,(H,21,23)/t13-/m0/s1. The molecule has 0 aromatic heterocycles. The van der Waals surface area contributed by atoms with Gasteiger partial charge in [0.2, 0.25) is 15.9 Å². The van der Waals surface area contributed by atoms with Gasteiger partial charge >= 0.3 is 0 Å². The van der Waals surface area contributed by atoms with E-state index < -0.39 is 15.9 Å². The van der Waals surface area contributed by atoms with Crippen molar-refractivity contribution < 1.29 is 13.2 Å². The Labute approximate surface area is 166 Å². The fourth-order valence-corrected chi connectivity index (χ4v) is 4.91. The number of hydrogen-bond donors (Lipinski definition) is 1. The summed E-state index contributed by atoms with van der Waals surface area (Å²) >= 11 is 9.35. The lowest BCUT2D eigenvalue weighted by atomic mass is 9.99. The molecule has 1 aliphatic rings. The number of halogens is 2. The van der Waals surface area contributed by atoms with E-state index in [1.807, 2.05) is 0 Å². The van der Waals surface area contributed by atoms with E-state index in [0.717, 1.165) is 4.47 Å². The van der Waals surface area contributed by atoms with Crippen LogP contribution in [0.5, 0.6) is 0 Å². The molecule has 0 bridgehead atoms. The zero-order valence-electron chi connectivity index (χ0n) is 13.9. The van der Waals surface area contributed by atoms with Crippen LogP contribution in [-0.2, 0) is 14.8 Å². The number of sulfonamides is 1. The van der Waals surface area contributed by atoms with E-state index in [0.29, 0.717) is 30.1 Å². The quantitative estimate of drug-likeness (QED) is 0.750. The Balaban J connectivity index is 1.71. The van der Waals surface area contributed by atoms with Crippen molar-refractivity contribution in [1.29, 1.82) is 0 Å². The molecule has 2 aromatic carbocycles. The van der Waals surface area contributed by atoms with Crippen LogP contribution in [0, 0.1) is 5.92 Å². The first-order valence-corrected chi connectivity index (χ1v) is 10.8. The minimum atomic E-state index is -3.59. The second-order valence-electron chi connectivity index (χ2n) is 6.13. The molecule has 1 heterocycles. The molecule has 1 aliphatic heterocycles. The number of carbonyl (C=O) groups is 1. The van der Waals surface area contributed by atoms with Crippen LogP contribution in [0.1, 0.15) is 12.8 Å². The molecular formula is C18H18BrClN2O3S. The summed E-state index contributed by atoms with van der Waals surface area (Å²) in [7, 11) is -3.59. The van der Waals surface area contributed by atoms with Crippen molar-refractivity contribution in [1.82, 2.24) is 4.31 Å². The minimum absolute atomic E-state index is 0.174. The van der Waals surface area contributed by atoms with E-state index in [1.165, 1.54) is 4.31 Å². The molecule has 1 fully saturated rings. The number of nitrogens with zero attached hydrogens (tertiary/aromatic N) is 1. The third-order valence-electron chi connectivity index (χ3n) is 4.32. The van der Waals surface area contributed by atoms with Crippen LogP contribution in [0.2, 0.25) is 5.02 Å². The summed E-state index contributed by atoms with van der Waals surface area (Å²) in [4.78, 5) is 12.8. The molecule has 8 heteroatoms. The maximum absolute atomic E-state index is 12.8. The first-order chi connectivity index (χ1) is 12.4. The lowest BCUT2D eigenvalue weighted by Crippen LogP contribution is -2.43. The summed E-state index contributed by atoms with van der Waals surface area (Å²) in [5.74, 6) is -0.596. The van der Waals surface area contributed by atoms with Crippen molar-refractivity contribution in [3.8, 4) is 0 Å². The maximum Gasteiger partial charge on any atom is 0.243 e. The fourth-order valence-electron chi connectivity index (χ4n) is 2.93. The molecular weight excluding hydrogens is 440 g/mol. The third-order valence-corrected chi connectivity index (χ3v) is 7.43. The molecule has 138 valence electrons. The van der Waals surface area contributed by atoms with Gasteiger partial charge < -0.3 is 5.32 Å². The van der Waals surface area contributed by atoms with E-state index in [1.54, 1.807) is 48.5 Å². The Morgan fingerprint density at radius 3 is 2.62 bits per heavy atom. The summed E-state index contributed by atoms with van der Waals surface area (Å²) in [5.41, 5.74) is 0.589. The average Bonchev–Trinajstić information content (AvgIpc) is 2.65. The molecule has 26 heavy (non-hydrogen) atoms. The van der Waals surface area contributed by atoms with Crippen molar-refractivity contribution in [3.63, 3.8) is 0 Å². The Bertz CT molecular complexity index is 906. The number of rotatable bonds is 4. The van der Waals surface area contributed by atoms with Gasteiger partial charge in [-0.25, -0.2) is 8.42 Å². The van der Waals surface area contributed by atoms with Crippen LogP contribution in [0.15, 0.2) is 57.9 Å². The van der Waals surface area contributed by atoms with Gasteiger partial charge in [-0.05, 0) is 59.1 Å². The number of benzene rings is 2. The number of nitrogens with one attached hydrogen (secondary N) is 1. The van der Waals surface area contributed by atoms with Crippen molar-refractivity contribution in [2.45, 2.75) is 17.7 Å². The van der Waals surface area contributed by atoms with Crippen molar-refractivity contribution >= 4 is 49.1 Å². The highest BCUT2D eigenvalue weighted by Gasteiger charge is 2.33. The topological polar surface area (TPSA) is 66.5 Å². The lowest BCUT2D eigenvalue weighted by molar-refractivity contribution is -0.120. The fraction of sp³-hybridized carbons (Fsp3) is 0.278. The van der Waals surface area contributed by atoms with E-state index in [-0.39, 0.29) is 17.3 Å². The SMILES string of the molecule is O=C(Nc1ccc(Br)c(Cl)c1)[C@H]1CCCN(S(=O)(=O)c2ccccc2)C1. The maximum atomic E-state index is 12.8. The van der Waals surface area contributed by atoms with Crippen LogP contribution in [0.4, 0.5) is 5.69 Å². The lowest BCUT2D eigenvalue weighted by Gasteiger charge is -2.31. The highest BCUT2D eigenvalue weighted by atomic mass is 79.9. The van der Waals surface area contributed by atoms with Gasteiger partial charge in [0.05, 0.1) is 15.8 Å². The van der Waals surface area contributed by atoms with Crippen LogP contribution in [-0.4, -0.2) is 31.7 Å². The van der Waals surface area contributed by atoms with Crippen LogP contribution < -0.4 is 5.32 Å². The monoisotopic (exact) mass is 456 g/mol. The number of anilines is 1. The van der Waals surface area contributed by atoms with E-state index in [4.69, 9.17) is 11.6 Å². The minimum Gasteiger partial charge on any atom is -0.326 e. The molecule has 1 saturated heterocycles. The highest BCUT2D eigenvalue weighted by Crippen LogP contribution is 2.27. The molecule has 0 radical (unpaired) electrons. The van der Waals surface area contributed by atoms with E-state index >= 15 is 0 Å². The Morgan fingerprint density at radius 1 is 1.19 bits per heavy atom.